The van der Waals surface area contributed by atoms with Crippen LogP contribution in [-0.2, 0) is 10.3 Å². The monoisotopic (exact) mass is 312 g/mol. The lowest BCUT2D eigenvalue weighted by atomic mass is 9.93. The normalized spacial score (nSPS) is 14.2. The van der Waals surface area contributed by atoms with Crippen molar-refractivity contribution in [1.29, 1.82) is 0 Å². The zero-order valence-corrected chi connectivity index (χ0v) is 13.8. The molecule has 1 aliphatic carbocycles. The van der Waals surface area contributed by atoms with Gasteiger partial charge in [0.25, 0.3) is 0 Å². The summed E-state index contributed by atoms with van der Waals surface area (Å²) in [6.45, 7) is 5.30. The number of hydrogen-bond donors (Lipinski definition) is 2. The van der Waals surface area contributed by atoms with E-state index in [0.29, 0.717) is 6.54 Å². The number of hydrogen-bond acceptors (Lipinski definition) is 3. The molecule has 1 amide bonds. The third kappa shape index (κ3) is 5.21. The number of benzene rings is 1. The molecule has 21 heavy (non-hydrogen) atoms. The minimum Gasteiger partial charge on any atom is -0.496 e. The first-order valence-electron chi connectivity index (χ1n) is 7.18. The first-order valence-corrected chi connectivity index (χ1v) is 7.18. The van der Waals surface area contributed by atoms with Crippen LogP contribution in [0, 0.1) is 5.92 Å². The van der Waals surface area contributed by atoms with Crippen molar-refractivity contribution < 1.29 is 9.53 Å². The van der Waals surface area contributed by atoms with Crippen LogP contribution in [0.4, 0.5) is 0 Å². The summed E-state index contributed by atoms with van der Waals surface area (Å²) in [5.74, 6) is 1.59. The number of rotatable bonds is 7. The van der Waals surface area contributed by atoms with Crippen LogP contribution in [0.5, 0.6) is 5.75 Å². The summed E-state index contributed by atoms with van der Waals surface area (Å²) in [6, 6.07) is 7.78. The van der Waals surface area contributed by atoms with Crippen molar-refractivity contribution in [1.82, 2.24) is 10.6 Å². The largest absolute Gasteiger partial charge is 0.496 e. The number of nitrogens with one attached hydrogen (secondary N) is 2. The van der Waals surface area contributed by atoms with E-state index in [-0.39, 0.29) is 18.3 Å². The van der Waals surface area contributed by atoms with Gasteiger partial charge in [-0.05, 0) is 45.2 Å². The highest BCUT2D eigenvalue weighted by Crippen LogP contribution is 2.29. The molecule has 0 heterocycles. The molecule has 2 N–H and O–H groups in total. The molecule has 0 unspecified atom stereocenters. The van der Waals surface area contributed by atoms with Crippen LogP contribution in [0.2, 0.25) is 0 Å². The van der Waals surface area contributed by atoms with Gasteiger partial charge in [0, 0.05) is 5.56 Å². The number of para-hydroxylation sites is 1. The maximum atomic E-state index is 12.0. The third-order valence-electron chi connectivity index (χ3n) is 3.65. The quantitative estimate of drug-likeness (QED) is 0.813. The Morgan fingerprint density at radius 3 is 2.62 bits per heavy atom. The lowest BCUT2D eigenvalue weighted by Crippen LogP contribution is -2.45. The van der Waals surface area contributed by atoms with Gasteiger partial charge in [0.1, 0.15) is 5.75 Å². The van der Waals surface area contributed by atoms with Crippen LogP contribution in [0.3, 0.4) is 0 Å². The van der Waals surface area contributed by atoms with Crippen molar-refractivity contribution in [3.05, 3.63) is 29.8 Å². The molecule has 1 fully saturated rings. The zero-order chi connectivity index (χ0) is 14.6. The van der Waals surface area contributed by atoms with Crippen LogP contribution in [-0.4, -0.2) is 26.1 Å². The van der Waals surface area contributed by atoms with Crippen molar-refractivity contribution in [3.8, 4) is 5.75 Å². The van der Waals surface area contributed by atoms with Crippen LogP contribution in [0.25, 0.3) is 0 Å². The number of amides is 1. The third-order valence-corrected chi connectivity index (χ3v) is 3.65. The van der Waals surface area contributed by atoms with E-state index in [1.807, 2.05) is 38.1 Å². The SMILES string of the molecule is COc1ccccc1C(C)(C)NC(=O)CNCC1CC1.Cl. The number of methoxy groups -OCH3 is 1. The Bertz CT molecular complexity index is 473. The highest BCUT2D eigenvalue weighted by molar-refractivity contribution is 5.85. The summed E-state index contributed by atoms with van der Waals surface area (Å²) in [5, 5.41) is 6.27. The van der Waals surface area contributed by atoms with E-state index < -0.39 is 5.54 Å². The molecule has 0 atom stereocenters. The summed E-state index contributed by atoms with van der Waals surface area (Å²) in [4.78, 5) is 12.0. The average molecular weight is 313 g/mol. The van der Waals surface area contributed by atoms with E-state index in [0.717, 1.165) is 23.8 Å². The minimum atomic E-state index is -0.453. The van der Waals surface area contributed by atoms with E-state index in [4.69, 9.17) is 4.74 Å². The lowest BCUT2D eigenvalue weighted by molar-refractivity contribution is -0.121. The highest BCUT2D eigenvalue weighted by Gasteiger charge is 2.26. The van der Waals surface area contributed by atoms with Gasteiger partial charge in [0.2, 0.25) is 5.91 Å². The van der Waals surface area contributed by atoms with Gasteiger partial charge in [0.15, 0.2) is 0 Å². The number of ether oxygens (including phenoxy) is 1. The molecule has 4 nitrogen and oxygen atoms in total. The van der Waals surface area contributed by atoms with Gasteiger partial charge in [-0.1, -0.05) is 18.2 Å². The number of carbonyl (C=O) groups is 1. The van der Waals surface area contributed by atoms with Crippen molar-refractivity contribution in [2.45, 2.75) is 32.2 Å². The van der Waals surface area contributed by atoms with Crippen LogP contribution >= 0.6 is 12.4 Å². The Labute approximate surface area is 133 Å². The van der Waals surface area contributed by atoms with E-state index in [1.165, 1.54) is 12.8 Å². The Kier molecular flexibility index (Phi) is 6.49. The highest BCUT2D eigenvalue weighted by atomic mass is 35.5. The van der Waals surface area contributed by atoms with Gasteiger partial charge in [-0.2, -0.15) is 0 Å². The second kappa shape index (κ2) is 7.66. The van der Waals surface area contributed by atoms with E-state index >= 15 is 0 Å². The Morgan fingerprint density at radius 1 is 1.33 bits per heavy atom. The van der Waals surface area contributed by atoms with Crippen molar-refractivity contribution in [3.63, 3.8) is 0 Å². The van der Waals surface area contributed by atoms with Gasteiger partial charge in [-0.25, -0.2) is 0 Å². The van der Waals surface area contributed by atoms with Gasteiger partial charge in [-0.15, -0.1) is 12.4 Å². The molecule has 1 aliphatic rings. The molecule has 0 bridgehead atoms. The Hall–Kier alpha value is -1.26. The van der Waals surface area contributed by atoms with Crippen LogP contribution in [0.1, 0.15) is 32.3 Å². The number of halogens is 1. The van der Waals surface area contributed by atoms with E-state index in [1.54, 1.807) is 7.11 Å². The van der Waals surface area contributed by atoms with E-state index in [9.17, 15) is 4.79 Å². The van der Waals surface area contributed by atoms with Gasteiger partial charge < -0.3 is 15.4 Å². The smallest absolute Gasteiger partial charge is 0.234 e. The molecule has 0 radical (unpaired) electrons. The molecule has 118 valence electrons. The maximum absolute atomic E-state index is 12.0. The van der Waals surface area contributed by atoms with Gasteiger partial charge >= 0.3 is 0 Å². The van der Waals surface area contributed by atoms with Crippen LogP contribution < -0.4 is 15.4 Å². The zero-order valence-electron chi connectivity index (χ0n) is 12.9. The Balaban J connectivity index is 0.00000220. The molecular formula is C16H25ClN2O2. The fourth-order valence-electron chi connectivity index (χ4n) is 2.33. The second-order valence-corrected chi connectivity index (χ2v) is 5.95. The minimum absolute atomic E-state index is 0. The van der Waals surface area contributed by atoms with Gasteiger partial charge in [-0.3, -0.25) is 4.79 Å². The summed E-state index contributed by atoms with van der Waals surface area (Å²) in [6.07, 6.45) is 2.59. The summed E-state index contributed by atoms with van der Waals surface area (Å²) < 4.78 is 5.37. The molecule has 1 aromatic rings. The predicted molar refractivity (Wildman–Crippen MR) is 87.0 cm³/mol. The average Bonchev–Trinajstić information content (AvgIpc) is 3.22. The Morgan fingerprint density at radius 2 is 2.00 bits per heavy atom. The molecule has 1 aromatic carbocycles. The summed E-state index contributed by atoms with van der Waals surface area (Å²) in [5.41, 5.74) is 0.531. The fourth-order valence-corrected chi connectivity index (χ4v) is 2.33. The van der Waals surface area contributed by atoms with E-state index in [2.05, 4.69) is 10.6 Å². The second-order valence-electron chi connectivity index (χ2n) is 5.95. The summed E-state index contributed by atoms with van der Waals surface area (Å²) in [7, 11) is 1.65. The predicted octanol–water partition coefficient (Wildman–Crippen LogP) is 2.47. The molecule has 0 aliphatic heterocycles. The summed E-state index contributed by atoms with van der Waals surface area (Å²) >= 11 is 0. The maximum Gasteiger partial charge on any atom is 0.234 e. The van der Waals surface area contributed by atoms with Gasteiger partial charge in [0.05, 0.1) is 19.2 Å². The molecular weight excluding hydrogens is 288 g/mol. The molecule has 0 spiro atoms. The topological polar surface area (TPSA) is 50.4 Å². The molecule has 1 saturated carbocycles. The molecule has 2 rings (SSSR count). The number of carbonyl (C=O) groups excluding carboxylic acids is 1. The van der Waals surface area contributed by atoms with Crippen molar-refractivity contribution >= 4 is 18.3 Å². The molecule has 5 heteroatoms. The molecule has 0 saturated heterocycles. The fraction of sp³-hybridized carbons (Fsp3) is 0.562. The standard InChI is InChI=1S/C16H24N2O2.ClH/c1-16(2,13-6-4-5-7-14(13)20-3)18-15(19)11-17-10-12-8-9-12;/h4-7,12,17H,8-11H2,1-3H3,(H,18,19);1H. The first-order chi connectivity index (χ1) is 9.53. The first kappa shape index (κ1) is 17.8. The van der Waals surface area contributed by atoms with Crippen molar-refractivity contribution in [2.24, 2.45) is 5.92 Å². The molecule has 0 aromatic heterocycles. The van der Waals surface area contributed by atoms with Crippen LogP contribution in [0.15, 0.2) is 24.3 Å². The van der Waals surface area contributed by atoms with Crippen molar-refractivity contribution in [2.75, 3.05) is 20.2 Å². The lowest BCUT2D eigenvalue weighted by Gasteiger charge is -2.28.